The number of hydrogen-bond donors (Lipinski definition) is 0. The Morgan fingerprint density at radius 2 is 0.569 bits per heavy atom. The summed E-state index contributed by atoms with van der Waals surface area (Å²) in [6.07, 6.45) is 65.3. The van der Waals surface area contributed by atoms with Gasteiger partial charge in [0.2, 0.25) is 0 Å². The lowest BCUT2D eigenvalue weighted by atomic mass is 10.0. The lowest BCUT2D eigenvalue weighted by Crippen LogP contribution is -2.30. The molecule has 0 unspecified atom stereocenters. The van der Waals surface area contributed by atoms with E-state index in [1.54, 1.807) is 0 Å². The fraction of sp³-hybridized carbons (Fsp3) is 0.814. The molecule has 0 radical (unpaired) electrons. The van der Waals surface area contributed by atoms with Crippen molar-refractivity contribution in [3.8, 4) is 0 Å². The first kappa shape index (κ1) is 62.4. The van der Waals surface area contributed by atoms with Crippen molar-refractivity contribution in [2.75, 3.05) is 13.2 Å². The minimum Gasteiger partial charge on any atom is -0.462 e. The molecule has 0 spiro atoms. The zero-order chi connectivity index (χ0) is 47.2. The maximum absolute atomic E-state index is 12.8. The van der Waals surface area contributed by atoms with Gasteiger partial charge < -0.3 is 14.2 Å². The van der Waals surface area contributed by atoms with E-state index in [0.29, 0.717) is 19.3 Å². The molecule has 0 aromatic carbocycles. The maximum atomic E-state index is 12.8. The molecule has 0 aliphatic heterocycles. The summed E-state index contributed by atoms with van der Waals surface area (Å²) in [4.78, 5) is 38.0. The van der Waals surface area contributed by atoms with E-state index in [1.807, 2.05) is 0 Å². The highest BCUT2D eigenvalue weighted by Gasteiger charge is 2.19. The standard InChI is InChI=1S/C59H106O6/c1-4-7-10-13-16-19-22-24-26-27-28-29-30-31-33-35-38-40-43-46-49-52-58(61)64-55-56(65-59(62)53-50-47-44-41-36-21-18-15-12-9-6-3)54-63-57(60)51-48-45-42-39-37-34-32-25-23-20-17-14-11-8-5-2/h15,17-18,20,24-26,32,56H,4-14,16,19,21-23,27-31,33-55H2,1-3H3/b18-15-,20-17-,26-24-,32-25-/t56-/m1/s1. The Labute approximate surface area is 403 Å². The number of unbranched alkanes of at least 4 members (excludes halogenated alkanes) is 32. The molecular formula is C59H106O6. The molecular weight excluding hydrogens is 805 g/mol. The average molecular weight is 911 g/mol. The smallest absolute Gasteiger partial charge is 0.306 e. The van der Waals surface area contributed by atoms with Crippen LogP contribution in [0.4, 0.5) is 0 Å². The Bertz CT molecular complexity index is 1140. The van der Waals surface area contributed by atoms with Crippen molar-refractivity contribution in [1.82, 2.24) is 0 Å². The molecule has 0 aromatic rings. The number of hydrogen-bond acceptors (Lipinski definition) is 6. The highest BCUT2D eigenvalue weighted by molar-refractivity contribution is 5.71. The van der Waals surface area contributed by atoms with Crippen LogP contribution in [-0.2, 0) is 28.6 Å². The van der Waals surface area contributed by atoms with Crippen LogP contribution in [0.5, 0.6) is 0 Å². The summed E-state index contributed by atoms with van der Waals surface area (Å²) in [5.74, 6) is -0.895. The maximum Gasteiger partial charge on any atom is 0.306 e. The molecule has 0 aromatic heterocycles. The summed E-state index contributed by atoms with van der Waals surface area (Å²) in [6.45, 7) is 6.57. The van der Waals surface area contributed by atoms with E-state index in [1.165, 1.54) is 161 Å². The van der Waals surface area contributed by atoms with Gasteiger partial charge >= 0.3 is 17.9 Å². The van der Waals surface area contributed by atoms with E-state index < -0.39 is 6.10 Å². The minimum absolute atomic E-state index is 0.0801. The van der Waals surface area contributed by atoms with Crippen molar-refractivity contribution in [3.05, 3.63) is 48.6 Å². The van der Waals surface area contributed by atoms with Gasteiger partial charge in [0.1, 0.15) is 13.2 Å². The van der Waals surface area contributed by atoms with Crippen molar-refractivity contribution >= 4 is 17.9 Å². The van der Waals surface area contributed by atoms with Crippen molar-refractivity contribution in [2.24, 2.45) is 0 Å². The molecule has 378 valence electrons. The van der Waals surface area contributed by atoms with E-state index >= 15 is 0 Å². The van der Waals surface area contributed by atoms with Gasteiger partial charge in [0.15, 0.2) is 6.10 Å². The molecule has 1 atom stereocenters. The highest BCUT2D eigenvalue weighted by Crippen LogP contribution is 2.15. The zero-order valence-corrected chi connectivity index (χ0v) is 43.3. The number of rotatable bonds is 51. The molecule has 6 nitrogen and oxygen atoms in total. The lowest BCUT2D eigenvalue weighted by Gasteiger charge is -2.18. The number of carbonyl (C=O) groups is 3. The molecule has 6 heteroatoms. The van der Waals surface area contributed by atoms with Gasteiger partial charge in [0.05, 0.1) is 0 Å². The van der Waals surface area contributed by atoms with E-state index in [9.17, 15) is 14.4 Å². The summed E-state index contributed by atoms with van der Waals surface area (Å²) in [6, 6.07) is 0. The van der Waals surface area contributed by atoms with Crippen LogP contribution in [0.3, 0.4) is 0 Å². The quantitative estimate of drug-likeness (QED) is 0.0262. The molecule has 0 saturated carbocycles. The van der Waals surface area contributed by atoms with Gasteiger partial charge in [-0.25, -0.2) is 0 Å². The third-order valence-corrected chi connectivity index (χ3v) is 12.3. The largest absolute Gasteiger partial charge is 0.462 e. The fourth-order valence-electron chi connectivity index (χ4n) is 7.98. The first-order valence-electron chi connectivity index (χ1n) is 28.1. The number of allylic oxidation sites excluding steroid dienone is 8. The van der Waals surface area contributed by atoms with Gasteiger partial charge in [0.25, 0.3) is 0 Å². The zero-order valence-electron chi connectivity index (χ0n) is 43.3. The van der Waals surface area contributed by atoms with Gasteiger partial charge in [-0.05, 0) is 96.3 Å². The van der Waals surface area contributed by atoms with Crippen LogP contribution in [0.1, 0.15) is 290 Å². The second-order valence-electron chi connectivity index (χ2n) is 18.8. The summed E-state index contributed by atoms with van der Waals surface area (Å²) < 4.78 is 16.8. The van der Waals surface area contributed by atoms with E-state index in [4.69, 9.17) is 14.2 Å². The van der Waals surface area contributed by atoms with Gasteiger partial charge in [-0.1, -0.05) is 223 Å². The first-order chi connectivity index (χ1) is 32.0. The third-order valence-electron chi connectivity index (χ3n) is 12.3. The van der Waals surface area contributed by atoms with Crippen LogP contribution in [-0.4, -0.2) is 37.2 Å². The predicted octanol–water partition coefficient (Wildman–Crippen LogP) is 18.7. The van der Waals surface area contributed by atoms with Crippen molar-refractivity contribution in [2.45, 2.75) is 297 Å². The topological polar surface area (TPSA) is 78.9 Å². The van der Waals surface area contributed by atoms with E-state index in [0.717, 1.165) is 89.9 Å². The molecule has 0 bridgehead atoms. The molecule has 0 rings (SSSR count). The van der Waals surface area contributed by atoms with Crippen LogP contribution >= 0.6 is 0 Å². The Hall–Kier alpha value is -2.63. The minimum atomic E-state index is -0.781. The SMILES string of the molecule is CCCC/C=C\CCCCCCCC(=O)O[C@H](COC(=O)CCCCCCC/C=C\C/C=C\CCCCC)COC(=O)CCCCCCCCCCCCC/C=C\CCCCCCCC. The van der Waals surface area contributed by atoms with Crippen molar-refractivity contribution in [3.63, 3.8) is 0 Å². The van der Waals surface area contributed by atoms with Crippen LogP contribution in [0.15, 0.2) is 48.6 Å². The molecule has 65 heavy (non-hydrogen) atoms. The molecule has 0 N–H and O–H groups in total. The van der Waals surface area contributed by atoms with E-state index in [-0.39, 0.29) is 31.1 Å². The Kier molecular flexibility index (Phi) is 51.8. The highest BCUT2D eigenvalue weighted by atomic mass is 16.6. The molecule has 0 aliphatic rings. The third kappa shape index (κ3) is 52.2. The predicted molar refractivity (Wildman–Crippen MR) is 279 cm³/mol. The molecule has 0 fully saturated rings. The summed E-state index contributed by atoms with van der Waals surface area (Å²) >= 11 is 0. The van der Waals surface area contributed by atoms with Crippen LogP contribution < -0.4 is 0 Å². The Balaban J connectivity index is 4.29. The summed E-state index contributed by atoms with van der Waals surface area (Å²) in [7, 11) is 0. The molecule has 0 saturated heterocycles. The van der Waals surface area contributed by atoms with Gasteiger partial charge in [-0.15, -0.1) is 0 Å². The summed E-state index contributed by atoms with van der Waals surface area (Å²) in [5.41, 5.74) is 0. The van der Waals surface area contributed by atoms with Crippen LogP contribution in [0.2, 0.25) is 0 Å². The van der Waals surface area contributed by atoms with Crippen LogP contribution in [0.25, 0.3) is 0 Å². The first-order valence-corrected chi connectivity index (χ1v) is 28.1. The fourth-order valence-corrected chi connectivity index (χ4v) is 7.98. The number of esters is 3. The van der Waals surface area contributed by atoms with Crippen LogP contribution in [0, 0.1) is 0 Å². The Morgan fingerprint density at radius 1 is 0.308 bits per heavy atom. The van der Waals surface area contributed by atoms with Gasteiger partial charge in [-0.2, -0.15) is 0 Å². The normalized spacial score (nSPS) is 12.4. The lowest BCUT2D eigenvalue weighted by molar-refractivity contribution is -0.167. The molecule has 0 aliphatic carbocycles. The van der Waals surface area contributed by atoms with E-state index in [2.05, 4.69) is 69.4 Å². The Morgan fingerprint density at radius 3 is 0.938 bits per heavy atom. The number of carbonyl (C=O) groups excluding carboxylic acids is 3. The van der Waals surface area contributed by atoms with Crippen molar-refractivity contribution in [1.29, 1.82) is 0 Å². The second-order valence-corrected chi connectivity index (χ2v) is 18.8. The van der Waals surface area contributed by atoms with Crippen molar-refractivity contribution < 1.29 is 28.6 Å². The average Bonchev–Trinajstić information content (AvgIpc) is 3.30. The monoisotopic (exact) mass is 911 g/mol. The van der Waals surface area contributed by atoms with Gasteiger partial charge in [-0.3, -0.25) is 14.4 Å². The molecule has 0 amide bonds. The second kappa shape index (κ2) is 54.0. The molecule has 0 heterocycles. The summed E-state index contributed by atoms with van der Waals surface area (Å²) in [5, 5.41) is 0. The number of ether oxygens (including phenoxy) is 3. The van der Waals surface area contributed by atoms with Gasteiger partial charge in [0, 0.05) is 19.3 Å².